The summed E-state index contributed by atoms with van der Waals surface area (Å²) in [7, 11) is 0. The first-order valence-corrected chi connectivity index (χ1v) is 9.13. The van der Waals surface area contributed by atoms with E-state index in [9.17, 15) is 9.59 Å². The van der Waals surface area contributed by atoms with Crippen LogP contribution in [0, 0.1) is 0 Å². The number of aromatic nitrogens is 2. The second-order valence-corrected chi connectivity index (χ2v) is 7.16. The maximum Gasteiger partial charge on any atom is 0.262 e. The van der Waals surface area contributed by atoms with E-state index in [4.69, 9.17) is 0 Å². The molecule has 3 aromatic heterocycles. The number of hydrogen-bond donors (Lipinski definition) is 1. The van der Waals surface area contributed by atoms with Crippen LogP contribution in [0.3, 0.4) is 0 Å². The van der Waals surface area contributed by atoms with Gasteiger partial charge in [0.1, 0.15) is 11.4 Å². The average Bonchev–Trinajstić information content (AvgIpc) is 3.23. The van der Waals surface area contributed by atoms with E-state index >= 15 is 0 Å². The number of thiophene rings is 2. The summed E-state index contributed by atoms with van der Waals surface area (Å²) >= 11 is 3.07. The van der Waals surface area contributed by atoms with Crippen molar-refractivity contribution in [3.8, 4) is 0 Å². The van der Waals surface area contributed by atoms with Gasteiger partial charge in [0, 0.05) is 11.2 Å². The van der Waals surface area contributed by atoms with Crippen LogP contribution in [0.2, 0.25) is 0 Å². The molecule has 0 atom stereocenters. The molecule has 0 spiro atoms. The molecule has 0 aliphatic heterocycles. The van der Waals surface area contributed by atoms with Crippen molar-refractivity contribution in [2.24, 2.45) is 0 Å². The molecule has 1 amide bonds. The molecule has 0 saturated carbocycles. The number of amides is 1. The van der Waals surface area contributed by atoms with Crippen molar-refractivity contribution in [1.82, 2.24) is 14.9 Å². The van der Waals surface area contributed by atoms with E-state index in [1.165, 1.54) is 26.9 Å². The van der Waals surface area contributed by atoms with Crippen molar-refractivity contribution in [3.63, 3.8) is 0 Å². The Morgan fingerprint density at radius 1 is 1.17 bits per heavy atom. The lowest BCUT2D eigenvalue weighted by Crippen LogP contribution is -2.31. The smallest absolute Gasteiger partial charge is 0.262 e. The van der Waals surface area contributed by atoms with Gasteiger partial charge in [-0.2, -0.15) is 0 Å². The van der Waals surface area contributed by atoms with Gasteiger partial charge in [-0.15, -0.1) is 22.7 Å². The molecular formula is C17H13N3O2S2. The zero-order chi connectivity index (χ0) is 16.5. The van der Waals surface area contributed by atoms with Crippen molar-refractivity contribution < 1.29 is 4.79 Å². The Labute approximate surface area is 145 Å². The first kappa shape index (κ1) is 15.0. The van der Waals surface area contributed by atoms with Gasteiger partial charge in [-0.05, 0) is 33.8 Å². The van der Waals surface area contributed by atoms with Crippen LogP contribution >= 0.6 is 22.7 Å². The molecule has 3 heterocycles. The third-order valence-corrected chi connectivity index (χ3v) is 5.63. The molecule has 24 heavy (non-hydrogen) atoms. The van der Waals surface area contributed by atoms with Crippen molar-refractivity contribution in [2.75, 3.05) is 0 Å². The molecule has 0 saturated heterocycles. The van der Waals surface area contributed by atoms with Gasteiger partial charge in [0.15, 0.2) is 0 Å². The Bertz CT molecular complexity index is 1090. The molecule has 0 radical (unpaired) electrons. The van der Waals surface area contributed by atoms with Crippen molar-refractivity contribution >= 4 is 48.9 Å². The summed E-state index contributed by atoms with van der Waals surface area (Å²) in [6.45, 7) is 0.422. The maximum absolute atomic E-state index is 12.3. The number of carbonyl (C=O) groups is 1. The molecule has 0 aliphatic rings. The SMILES string of the molecule is O=C(Cn1cnc2sccc2c1=O)NCc1csc2ccccc12. The highest BCUT2D eigenvalue weighted by Gasteiger charge is 2.10. The van der Waals surface area contributed by atoms with E-state index < -0.39 is 0 Å². The molecule has 5 nitrogen and oxygen atoms in total. The fourth-order valence-corrected chi connectivity index (χ4v) is 4.27. The third kappa shape index (κ3) is 2.72. The maximum atomic E-state index is 12.3. The summed E-state index contributed by atoms with van der Waals surface area (Å²) in [5.74, 6) is -0.205. The Hall–Kier alpha value is -2.51. The summed E-state index contributed by atoms with van der Waals surface area (Å²) in [6.07, 6.45) is 1.43. The number of hydrogen-bond acceptors (Lipinski definition) is 5. The monoisotopic (exact) mass is 355 g/mol. The topological polar surface area (TPSA) is 64.0 Å². The van der Waals surface area contributed by atoms with E-state index in [0.717, 1.165) is 10.9 Å². The summed E-state index contributed by atoms with van der Waals surface area (Å²) < 4.78 is 2.54. The first-order chi connectivity index (χ1) is 11.7. The lowest BCUT2D eigenvalue weighted by Gasteiger charge is -2.07. The van der Waals surface area contributed by atoms with Crippen LogP contribution in [-0.4, -0.2) is 15.5 Å². The van der Waals surface area contributed by atoms with Crippen LogP contribution < -0.4 is 10.9 Å². The van der Waals surface area contributed by atoms with Crippen LogP contribution in [0.4, 0.5) is 0 Å². The average molecular weight is 355 g/mol. The van der Waals surface area contributed by atoms with Gasteiger partial charge in [-0.25, -0.2) is 4.98 Å². The summed E-state index contributed by atoms with van der Waals surface area (Å²) in [5, 5.41) is 8.46. The zero-order valence-electron chi connectivity index (χ0n) is 12.6. The number of rotatable bonds is 4. The van der Waals surface area contributed by atoms with Gasteiger partial charge >= 0.3 is 0 Å². The predicted octanol–water partition coefficient (Wildman–Crippen LogP) is 2.99. The number of fused-ring (bicyclic) bond motifs is 2. The van der Waals surface area contributed by atoms with E-state index in [2.05, 4.69) is 21.7 Å². The Morgan fingerprint density at radius 2 is 2.04 bits per heavy atom. The Morgan fingerprint density at radius 3 is 2.96 bits per heavy atom. The standard InChI is InChI=1S/C17H13N3O2S2/c21-15(8-20-10-19-16-13(17(20)22)5-6-23-16)18-7-11-9-24-14-4-2-1-3-12(11)14/h1-6,9-10H,7-8H2,(H,18,21). The molecule has 4 rings (SSSR count). The van der Waals surface area contributed by atoms with Gasteiger partial charge in [0.25, 0.3) is 5.56 Å². The van der Waals surface area contributed by atoms with Crippen molar-refractivity contribution in [1.29, 1.82) is 0 Å². The van der Waals surface area contributed by atoms with E-state index in [1.54, 1.807) is 17.4 Å². The molecule has 4 aromatic rings. The van der Waals surface area contributed by atoms with E-state index in [-0.39, 0.29) is 18.0 Å². The molecule has 1 aromatic carbocycles. The van der Waals surface area contributed by atoms with Crippen molar-refractivity contribution in [3.05, 3.63) is 63.3 Å². The zero-order valence-corrected chi connectivity index (χ0v) is 14.2. The summed E-state index contributed by atoms with van der Waals surface area (Å²) in [6, 6.07) is 9.84. The molecule has 7 heteroatoms. The number of nitrogens with zero attached hydrogens (tertiary/aromatic N) is 2. The van der Waals surface area contributed by atoms with Gasteiger partial charge in [-0.1, -0.05) is 18.2 Å². The fraction of sp³-hybridized carbons (Fsp3) is 0.118. The van der Waals surface area contributed by atoms with E-state index in [0.29, 0.717) is 16.8 Å². The molecule has 0 unspecified atom stereocenters. The van der Waals surface area contributed by atoms with Crippen LogP contribution in [0.1, 0.15) is 5.56 Å². The number of carbonyl (C=O) groups excluding carboxylic acids is 1. The molecule has 1 N–H and O–H groups in total. The molecule has 0 fully saturated rings. The molecular weight excluding hydrogens is 342 g/mol. The highest BCUT2D eigenvalue weighted by atomic mass is 32.1. The first-order valence-electron chi connectivity index (χ1n) is 7.37. The van der Waals surface area contributed by atoms with Gasteiger partial charge in [0.05, 0.1) is 11.7 Å². The highest BCUT2D eigenvalue weighted by Crippen LogP contribution is 2.25. The van der Waals surface area contributed by atoms with Crippen LogP contribution in [0.25, 0.3) is 20.3 Å². The lowest BCUT2D eigenvalue weighted by atomic mass is 10.2. The number of nitrogens with one attached hydrogen (secondary N) is 1. The second kappa shape index (κ2) is 6.18. The van der Waals surface area contributed by atoms with Crippen LogP contribution in [0.15, 0.2) is 52.2 Å². The minimum atomic E-state index is -0.205. The Balaban J connectivity index is 1.48. The van der Waals surface area contributed by atoms with Crippen LogP contribution in [0.5, 0.6) is 0 Å². The van der Waals surface area contributed by atoms with Gasteiger partial charge in [0.2, 0.25) is 5.91 Å². The summed E-state index contributed by atoms with van der Waals surface area (Å²) in [5.41, 5.74) is 0.903. The lowest BCUT2D eigenvalue weighted by molar-refractivity contribution is -0.121. The summed E-state index contributed by atoms with van der Waals surface area (Å²) in [4.78, 5) is 29.4. The Kier molecular flexibility index (Phi) is 3.87. The predicted molar refractivity (Wildman–Crippen MR) is 97.6 cm³/mol. The minimum Gasteiger partial charge on any atom is -0.350 e. The highest BCUT2D eigenvalue weighted by molar-refractivity contribution is 7.17. The number of benzene rings is 1. The van der Waals surface area contributed by atoms with Gasteiger partial charge in [-0.3, -0.25) is 14.2 Å². The molecule has 120 valence electrons. The second-order valence-electron chi connectivity index (χ2n) is 5.35. The third-order valence-electron chi connectivity index (χ3n) is 3.80. The quantitative estimate of drug-likeness (QED) is 0.612. The molecule has 0 aliphatic carbocycles. The van der Waals surface area contributed by atoms with E-state index in [1.807, 2.05) is 23.6 Å². The fourth-order valence-electron chi connectivity index (χ4n) is 2.58. The van der Waals surface area contributed by atoms with Gasteiger partial charge < -0.3 is 5.32 Å². The normalized spacial score (nSPS) is 11.2. The molecule has 0 bridgehead atoms. The largest absolute Gasteiger partial charge is 0.350 e. The van der Waals surface area contributed by atoms with Crippen molar-refractivity contribution in [2.45, 2.75) is 13.1 Å². The van der Waals surface area contributed by atoms with Crippen LogP contribution in [-0.2, 0) is 17.9 Å². The minimum absolute atomic E-state index is 0.0281.